The molecule has 0 saturated carbocycles. The fourth-order valence-electron chi connectivity index (χ4n) is 1.92. The molecule has 0 aromatic heterocycles. The first-order valence-electron chi connectivity index (χ1n) is 5.66. The maximum absolute atomic E-state index is 13.8. The predicted molar refractivity (Wildman–Crippen MR) is 69.6 cm³/mol. The topological polar surface area (TPSA) is 86.7 Å². The molecule has 0 bridgehead atoms. The van der Waals surface area contributed by atoms with E-state index in [0.29, 0.717) is 0 Å². The number of nitrogens with one attached hydrogen (secondary N) is 1. The number of nitrogens with zero attached hydrogens (tertiary/aromatic N) is 1. The standard InChI is InChI=1S/C12H10BrFN2O4/c13-6-2-1-3-7(14)10(6)11(18)16-5-9(17)15-4-8(16)12(19)20/h1-3,8H,4-5H2,(H,15,17)(H,19,20). The van der Waals surface area contributed by atoms with Crippen LogP contribution in [0, 0.1) is 5.82 Å². The molecule has 1 aliphatic heterocycles. The summed E-state index contributed by atoms with van der Waals surface area (Å²) in [6.07, 6.45) is 0. The largest absolute Gasteiger partial charge is 0.480 e. The highest BCUT2D eigenvalue weighted by molar-refractivity contribution is 9.10. The number of aliphatic carboxylic acids is 1. The lowest BCUT2D eigenvalue weighted by atomic mass is 10.1. The Bertz CT molecular complexity index is 573. The number of rotatable bonds is 2. The summed E-state index contributed by atoms with van der Waals surface area (Å²) >= 11 is 3.05. The third-order valence-electron chi connectivity index (χ3n) is 2.91. The molecule has 1 atom stereocenters. The zero-order valence-electron chi connectivity index (χ0n) is 10.1. The third-order valence-corrected chi connectivity index (χ3v) is 3.57. The van der Waals surface area contributed by atoms with E-state index in [1.54, 1.807) is 0 Å². The van der Waals surface area contributed by atoms with E-state index in [-0.39, 0.29) is 16.6 Å². The van der Waals surface area contributed by atoms with Gasteiger partial charge >= 0.3 is 5.97 Å². The molecule has 0 radical (unpaired) electrons. The van der Waals surface area contributed by atoms with Gasteiger partial charge in [0, 0.05) is 11.0 Å². The van der Waals surface area contributed by atoms with Gasteiger partial charge in [-0.25, -0.2) is 9.18 Å². The molecule has 1 aromatic rings. The van der Waals surface area contributed by atoms with E-state index < -0.39 is 36.2 Å². The number of carboxylic acid groups (broad SMARTS) is 1. The van der Waals surface area contributed by atoms with Crippen molar-refractivity contribution >= 4 is 33.7 Å². The molecule has 1 aromatic carbocycles. The van der Waals surface area contributed by atoms with E-state index in [2.05, 4.69) is 21.2 Å². The van der Waals surface area contributed by atoms with E-state index in [0.717, 1.165) is 11.0 Å². The van der Waals surface area contributed by atoms with Crippen LogP contribution in [0.2, 0.25) is 0 Å². The molecular formula is C12H10BrFN2O4. The second-order valence-corrected chi connectivity index (χ2v) is 5.04. The molecule has 2 amide bonds. The summed E-state index contributed by atoms with van der Waals surface area (Å²) in [4.78, 5) is 35.6. The Labute approximate surface area is 121 Å². The lowest BCUT2D eigenvalue weighted by Gasteiger charge is -2.33. The zero-order chi connectivity index (χ0) is 14.9. The molecule has 2 N–H and O–H groups in total. The summed E-state index contributed by atoms with van der Waals surface area (Å²) in [6, 6.07) is 2.76. The molecule has 2 rings (SSSR count). The van der Waals surface area contributed by atoms with Crippen LogP contribution in [0.3, 0.4) is 0 Å². The molecule has 20 heavy (non-hydrogen) atoms. The monoisotopic (exact) mass is 344 g/mol. The van der Waals surface area contributed by atoms with Crippen molar-refractivity contribution in [2.24, 2.45) is 0 Å². The van der Waals surface area contributed by atoms with Crippen LogP contribution in [-0.2, 0) is 9.59 Å². The fraction of sp³-hybridized carbons (Fsp3) is 0.250. The summed E-state index contributed by atoms with van der Waals surface area (Å²) in [7, 11) is 0. The lowest BCUT2D eigenvalue weighted by Crippen LogP contribution is -2.59. The second-order valence-electron chi connectivity index (χ2n) is 4.19. The number of halogens is 2. The Morgan fingerprint density at radius 1 is 1.45 bits per heavy atom. The van der Waals surface area contributed by atoms with Gasteiger partial charge in [-0.05, 0) is 28.1 Å². The number of hydrogen-bond donors (Lipinski definition) is 2. The lowest BCUT2D eigenvalue weighted by molar-refractivity contribution is -0.144. The molecule has 6 nitrogen and oxygen atoms in total. The van der Waals surface area contributed by atoms with Crippen molar-refractivity contribution in [3.63, 3.8) is 0 Å². The molecule has 0 aliphatic carbocycles. The fourth-order valence-corrected chi connectivity index (χ4v) is 2.43. The first-order chi connectivity index (χ1) is 9.41. The summed E-state index contributed by atoms with van der Waals surface area (Å²) < 4.78 is 14.0. The third kappa shape index (κ3) is 2.64. The number of piperazine rings is 1. The Morgan fingerprint density at radius 3 is 2.75 bits per heavy atom. The van der Waals surface area contributed by atoms with Crippen molar-refractivity contribution in [2.75, 3.05) is 13.1 Å². The summed E-state index contributed by atoms with van der Waals surface area (Å²) in [5, 5.41) is 11.4. The predicted octanol–water partition coefficient (Wildman–Crippen LogP) is 0.613. The van der Waals surface area contributed by atoms with Gasteiger partial charge in [-0.15, -0.1) is 0 Å². The van der Waals surface area contributed by atoms with Crippen LogP contribution in [0.5, 0.6) is 0 Å². The number of carboxylic acids is 1. The van der Waals surface area contributed by atoms with Crippen LogP contribution >= 0.6 is 15.9 Å². The summed E-state index contributed by atoms with van der Waals surface area (Å²) in [5.41, 5.74) is -0.284. The van der Waals surface area contributed by atoms with E-state index >= 15 is 0 Å². The SMILES string of the molecule is O=C1CN(C(=O)c2c(F)cccc2Br)C(C(=O)O)CN1. The second kappa shape index (κ2) is 5.58. The molecule has 1 unspecified atom stereocenters. The van der Waals surface area contributed by atoms with Crippen LogP contribution in [0.15, 0.2) is 22.7 Å². The Kier molecular flexibility index (Phi) is 4.03. The maximum atomic E-state index is 13.8. The van der Waals surface area contributed by atoms with Crippen LogP contribution in [0.4, 0.5) is 4.39 Å². The van der Waals surface area contributed by atoms with E-state index in [9.17, 15) is 18.8 Å². The Hall–Kier alpha value is -1.96. The highest BCUT2D eigenvalue weighted by atomic mass is 79.9. The quantitative estimate of drug-likeness (QED) is 0.823. The minimum atomic E-state index is -1.26. The van der Waals surface area contributed by atoms with Gasteiger partial charge in [-0.2, -0.15) is 0 Å². The van der Waals surface area contributed by atoms with Gasteiger partial charge in [0.1, 0.15) is 18.4 Å². The average molecular weight is 345 g/mol. The highest BCUT2D eigenvalue weighted by Crippen LogP contribution is 2.22. The van der Waals surface area contributed by atoms with Gasteiger partial charge in [0.15, 0.2) is 0 Å². The van der Waals surface area contributed by atoms with Crippen molar-refractivity contribution in [3.8, 4) is 0 Å². The van der Waals surface area contributed by atoms with Crippen molar-refractivity contribution in [1.29, 1.82) is 0 Å². The van der Waals surface area contributed by atoms with Gasteiger partial charge < -0.3 is 15.3 Å². The van der Waals surface area contributed by atoms with Crippen molar-refractivity contribution < 1.29 is 23.9 Å². The van der Waals surface area contributed by atoms with Gasteiger partial charge in [0.25, 0.3) is 5.91 Å². The molecule has 8 heteroatoms. The molecule has 106 valence electrons. The number of carbonyl (C=O) groups is 3. The van der Waals surface area contributed by atoms with Crippen molar-refractivity contribution in [1.82, 2.24) is 10.2 Å². The minimum absolute atomic E-state index is 0.202. The Balaban J connectivity index is 2.39. The summed E-state index contributed by atoms with van der Waals surface area (Å²) in [5.74, 6) is -3.36. The van der Waals surface area contributed by atoms with Gasteiger partial charge in [-0.3, -0.25) is 9.59 Å². The van der Waals surface area contributed by atoms with Crippen molar-refractivity contribution in [3.05, 3.63) is 34.1 Å². The van der Waals surface area contributed by atoms with Gasteiger partial charge in [0.2, 0.25) is 5.91 Å². The molecule has 1 fully saturated rings. The molecule has 1 heterocycles. The van der Waals surface area contributed by atoms with Gasteiger partial charge in [0.05, 0.1) is 5.56 Å². The number of hydrogen-bond acceptors (Lipinski definition) is 3. The zero-order valence-corrected chi connectivity index (χ0v) is 11.7. The molecule has 1 aliphatic rings. The maximum Gasteiger partial charge on any atom is 0.328 e. The first kappa shape index (κ1) is 14.4. The van der Waals surface area contributed by atoms with E-state index in [1.165, 1.54) is 12.1 Å². The summed E-state index contributed by atoms with van der Waals surface area (Å²) in [6.45, 7) is -0.622. The van der Waals surface area contributed by atoms with Crippen LogP contribution in [0.25, 0.3) is 0 Å². The molecule has 1 saturated heterocycles. The van der Waals surface area contributed by atoms with E-state index in [1.807, 2.05) is 0 Å². The van der Waals surface area contributed by atoms with Crippen LogP contribution in [-0.4, -0.2) is 46.9 Å². The number of amides is 2. The van der Waals surface area contributed by atoms with Crippen molar-refractivity contribution in [2.45, 2.75) is 6.04 Å². The minimum Gasteiger partial charge on any atom is -0.480 e. The van der Waals surface area contributed by atoms with E-state index in [4.69, 9.17) is 5.11 Å². The van der Waals surface area contributed by atoms with Gasteiger partial charge in [-0.1, -0.05) is 6.07 Å². The van der Waals surface area contributed by atoms with Crippen LogP contribution in [0.1, 0.15) is 10.4 Å². The number of benzene rings is 1. The van der Waals surface area contributed by atoms with Crippen LogP contribution < -0.4 is 5.32 Å². The first-order valence-corrected chi connectivity index (χ1v) is 6.45. The molecule has 0 spiro atoms. The normalized spacial score (nSPS) is 18.6. The smallest absolute Gasteiger partial charge is 0.328 e. The Morgan fingerprint density at radius 2 is 2.15 bits per heavy atom. The average Bonchev–Trinajstić information content (AvgIpc) is 2.37. The molecular weight excluding hydrogens is 335 g/mol. The number of carbonyl (C=O) groups excluding carboxylic acids is 2. The highest BCUT2D eigenvalue weighted by Gasteiger charge is 2.37.